The predicted octanol–water partition coefficient (Wildman–Crippen LogP) is 1.73. The Morgan fingerprint density at radius 2 is 1.92 bits per heavy atom. The summed E-state index contributed by atoms with van der Waals surface area (Å²) in [5.74, 6) is -0.776. The molecule has 1 rings (SSSR count). The van der Waals surface area contributed by atoms with Crippen molar-refractivity contribution in [2.45, 2.75) is 4.90 Å². The second kappa shape index (κ2) is 2.93. The maximum absolute atomic E-state index is 10.8. The highest BCUT2D eigenvalue weighted by atomic mass is 35.5. The molecule has 0 saturated carbocycles. The molecular weight excluding hydrogens is 204 g/mol. The van der Waals surface area contributed by atoms with Crippen LogP contribution in [0.1, 0.15) is 0 Å². The maximum Gasteiger partial charge on any atom is 0.298 e. The third-order valence-corrected chi connectivity index (χ3v) is 2.29. The molecule has 1 aromatic rings. The second-order valence-corrected chi connectivity index (χ2v) is 3.89. The first-order chi connectivity index (χ1) is 5.41. The molecule has 0 spiro atoms. The summed E-state index contributed by atoms with van der Waals surface area (Å²) in [6.45, 7) is 0. The van der Waals surface area contributed by atoms with Crippen molar-refractivity contribution in [1.82, 2.24) is 0 Å². The summed E-state index contributed by atoms with van der Waals surface area (Å²) in [5, 5.41) is 10.9. The fourth-order valence-electron chi connectivity index (χ4n) is 0.683. The van der Waals surface area contributed by atoms with Gasteiger partial charge in [0.05, 0.1) is 0 Å². The normalized spacial score (nSPS) is 11.5. The zero-order valence-electron chi connectivity index (χ0n) is 5.69. The van der Waals surface area contributed by atoms with Crippen LogP contribution in [-0.4, -0.2) is 13.0 Å². The molecule has 0 atom stereocenters. The van der Waals surface area contributed by atoms with Gasteiger partial charge in [0.2, 0.25) is 0 Å². The highest BCUT2D eigenvalue weighted by Gasteiger charge is 2.16. The van der Waals surface area contributed by atoms with Crippen LogP contribution < -0.4 is 0 Å². The first kappa shape index (κ1) is 9.31. The Morgan fingerprint density at radius 1 is 1.33 bits per heavy atom. The molecule has 12 heavy (non-hydrogen) atoms. The minimum Gasteiger partial charge on any atom is -0.288 e. The number of hydrogen-bond acceptors (Lipinski definition) is 2. The molecule has 1 N–H and O–H groups in total. The Bertz CT molecular complexity index is 398. The van der Waals surface area contributed by atoms with Gasteiger partial charge in [-0.05, 0) is 18.2 Å². The molecule has 0 heterocycles. The van der Waals surface area contributed by atoms with Gasteiger partial charge < -0.3 is 0 Å². The highest BCUT2D eigenvalue weighted by molar-refractivity contribution is 7.86. The summed E-state index contributed by atoms with van der Waals surface area (Å²) in [5.41, 5.74) is 0. The third-order valence-electron chi connectivity index (χ3n) is 1.18. The lowest BCUT2D eigenvalue weighted by Gasteiger charge is -1.97. The van der Waals surface area contributed by atoms with Gasteiger partial charge in [0, 0.05) is 5.02 Å². The first-order valence-corrected chi connectivity index (χ1v) is 4.67. The van der Waals surface area contributed by atoms with E-state index in [0.717, 1.165) is 12.1 Å². The Labute approximate surface area is 74.2 Å². The molecule has 0 fully saturated rings. The topological polar surface area (TPSA) is 74.3 Å². The molecular formula is C6H4ClO4S. The average Bonchev–Trinajstić information content (AvgIpc) is 1.92. The average molecular weight is 208 g/mol. The SMILES string of the molecule is [O]c1ccc(Cl)cc1S(=O)(=O)O. The van der Waals surface area contributed by atoms with Gasteiger partial charge >= 0.3 is 0 Å². The largest absolute Gasteiger partial charge is 0.298 e. The molecule has 0 aromatic heterocycles. The molecule has 0 bridgehead atoms. The molecule has 0 unspecified atom stereocenters. The lowest BCUT2D eigenvalue weighted by molar-refractivity contribution is 0.340. The van der Waals surface area contributed by atoms with Gasteiger partial charge in [-0.2, -0.15) is 8.42 Å². The molecule has 1 radical (unpaired) electrons. The summed E-state index contributed by atoms with van der Waals surface area (Å²) in [6.07, 6.45) is 0. The summed E-state index contributed by atoms with van der Waals surface area (Å²) >= 11 is 5.41. The van der Waals surface area contributed by atoms with Crippen molar-refractivity contribution in [1.29, 1.82) is 0 Å². The lowest BCUT2D eigenvalue weighted by atomic mass is 10.3. The summed E-state index contributed by atoms with van der Waals surface area (Å²) in [7, 11) is -4.45. The number of rotatable bonds is 1. The van der Waals surface area contributed by atoms with Crippen molar-refractivity contribution in [3.8, 4) is 5.75 Å². The van der Waals surface area contributed by atoms with E-state index in [1.807, 2.05) is 0 Å². The van der Waals surface area contributed by atoms with Crippen LogP contribution in [0, 0.1) is 0 Å². The Morgan fingerprint density at radius 3 is 2.33 bits per heavy atom. The summed E-state index contributed by atoms with van der Waals surface area (Å²) in [4.78, 5) is -0.699. The number of hydrogen-bond donors (Lipinski definition) is 1. The minimum absolute atomic E-state index is 0.0854. The van der Waals surface area contributed by atoms with Crippen LogP contribution >= 0.6 is 11.6 Å². The predicted molar refractivity (Wildman–Crippen MR) is 41.4 cm³/mol. The molecule has 6 heteroatoms. The standard InChI is InChI=1S/C6H4ClO4S/c7-4-1-2-5(8)6(3-4)12(9,10)11/h1-3H,(H,9,10,11). The Balaban J connectivity index is 3.43. The smallest absolute Gasteiger partial charge is 0.288 e. The minimum atomic E-state index is -4.45. The number of benzene rings is 1. The second-order valence-electron chi connectivity index (χ2n) is 2.07. The molecule has 1 aromatic carbocycles. The van der Waals surface area contributed by atoms with E-state index in [4.69, 9.17) is 16.2 Å². The number of halogens is 1. The van der Waals surface area contributed by atoms with E-state index in [-0.39, 0.29) is 5.02 Å². The Hall–Kier alpha value is -0.780. The van der Waals surface area contributed by atoms with Crippen molar-refractivity contribution in [3.05, 3.63) is 23.2 Å². The van der Waals surface area contributed by atoms with Crippen LogP contribution in [0.5, 0.6) is 5.75 Å². The zero-order valence-corrected chi connectivity index (χ0v) is 7.26. The Kier molecular flexibility index (Phi) is 2.27. The molecule has 0 saturated heterocycles. The quantitative estimate of drug-likeness (QED) is 0.713. The van der Waals surface area contributed by atoms with Crippen LogP contribution in [0.15, 0.2) is 23.1 Å². The van der Waals surface area contributed by atoms with Crippen molar-refractivity contribution in [2.75, 3.05) is 0 Å². The molecule has 0 amide bonds. The van der Waals surface area contributed by atoms with Crippen LogP contribution in [0.3, 0.4) is 0 Å². The molecule has 4 nitrogen and oxygen atoms in total. The van der Waals surface area contributed by atoms with E-state index in [9.17, 15) is 13.5 Å². The van der Waals surface area contributed by atoms with Gasteiger partial charge in [-0.3, -0.25) is 9.66 Å². The van der Waals surface area contributed by atoms with E-state index in [0.29, 0.717) is 0 Å². The van der Waals surface area contributed by atoms with Crippen LogP contribution in [0.4, 0.5) is 0 Å². The van der Waals surface area contributed by atoms with Crippen molar-refractivity contribution in [3.63, 3.8) is 0 Å². The molecule has 0 aliphatic carbocycles. The monoisotopic (exact) mass is 207 g/mol. The third kappa shape index (κ3) is 1.88. The molecule has 0 aliphatic rings. The van der Waals surface area contributed by atoms with Gasteiger partial charge in [-0.25, -0.2) is 0 Å². The zero-order chi connectivity index (χ0) is 9.35. The molecule has 0 aliphatic heterocycles. The van der Waals surface area contributed by atoms with Crippen LogP contribution in [0.25, 0.3) is 0 Å². The first-order valence-electron chi connectivity index (χ1n) is 2.85. The van der Waals surface area contributed by atoms with Crippen LogP contribution in [0.2, 0.25) is 5.02 Å². The highest BCUT2D eigenvalue weighted by Crippen LogP contribution is 2.25. The molecule has 65 valence electrons. The van der Waals surface area contributed by atoms with E-state index >= 15 is 0 Å². The fraction of sp³-hybridized carbons (Fsp3) is 0. The van der Waals surface area contributed by atoms with Gasteiger partial charge in [0.1, 0.15) is 4.90 Å². The lowest BCUT2D eigenvalue weighted by Crippen LogP contribution is -1.97. The summed E-state index contributed by atoms with van der Waals surface area (Å²) in [6, 6.07) is 3.13. The van der Waals surface area contributed by atoms with E-state index in [1.165, 1.54) is 6.07 Å². The van der Waals surface area contributed by atoms with E-state index in [1.54, 1.807) is 0 Å². The van der Waals surface area contributed by atoms with Gasteiger partial charge in [0.25, 0.3) is 10.1 Å². The maximum atomic E-state index is 10.8. The van der Waals surface area contributed by atoms with Gasteiger partial charge in [-0.1, -0.05) is 11.6 Å². The van der Waals surface area contributed by atoms with Gasteiger partial charge in [0.15, 0.2) is 5.75 Å². The van der Waals surface area contributed by atoms with Crippen LogP contribution in [-0.2, 0) is 15.2 Å². The van der Waals surface area contributed by atoms with Crippen molar-refractivity contribution in [2.24, 2.45) is 0 Å². The van der Waals surface area contributed by atoms with E-state index in [2.05, 4.69) is 0 Å². The van der Waals surface area contributed by atoms with E-state index < -0.39 is 20.8 Å². The fourth-order valence-corrected chi connectivity index (χ4v) is 1.52. The van der Waals surface area contributed by atoms with Crippen molar-refractivity contribution >= 4 is 21.7 Å². The van der Waals surface area contributed by atoms with Gasteiger partial charge in [-0.15, -0.1) is 0 Å². The summed E-state index contributed by atoms with van der Waals surface area (Å²) < 4.78 is 29.5. The van der Waals surface area contributed by atoms with Crippen molar-refractivity contribution < 1.29 is 18.1 Å².